The molecule has 0 unspecified atom stereocenters. The lowest BCUT2D eigenvalue weighted by molar-refractivity contribution is -0.137. The highest BCUT2D eigenvalue weighted by molar-refractivity contribution is 6.06. The van der Waals surface area contributed by atoms with E-state index in [9.17, 15) is 22.8 Å². The molecule has 11 nitrogen and oxygen atoms in total. The number of hydrogen-bond donors (Lipinski definition) is 3. The van der Waals surface area contributed by atoms with E-state index in [1.807, 2.05) is 26.8 Å². The Balaban J connectivity index is 1.21. The van der Waals surface area contributed by atoms with Crippen molar-refractivity contribution in [1.29, 1.82) is 0 Å². The summed E-state index contributed by atoms with van der Waals surface area (Å²) in [6.45, 7) is 10.1. The minimum atomic E-state index is -4.71. The molecule has 47 heavy (non-hydrogen) atoms. The van der Waals surface area contributed by atoms with Gasteiger partial charge in [-0.15, -0.1) is 0 Å². The van der Waals surface area contributed by atoms with Crippen molar-refractivity contribution in [3.05, 3.63) is 58.8 Å². The number of alkyl halides is 3. The lowest BCUT2D eigenvalue weighted by atomic mass is 9.83. The number of ether oxygens (including phenoxy) is 3. The quantitative estimate of drug-likeness (QED) is 0.260. The SMILES string of the molecule is CC(C)(C)OC(=O)N1CCC(c2ccc(Nc3ncc(C(F)(F)F)c(NCc4cccc5c4C(C)(C)C(=O)N5)n3)c3c2OCO3)CC1. The van der Waals surface area contributed by atoms with E-state index in [0.29, 0.717) is 54.4 Å². The molecule has 14 heteroatoms. The maximum Gasteiger partial charge on any atom is 0.421 e. The van der Waals surface area contributed by atoms with Gasteiger partial charge in [0.2, 0.25) is 18.6 Å². The van der Waals surface area contributed by atoms with Crippen LogP contribution < -0.4 is 25.4 Å². The predicted octanol–water partition coefficient (Wildman–Crippen LogP) is 6.92. The van der Waals surface area contributed by atoms with Crippen LogP contribution in [0.3, 0.4) is 0 Å². The van der Waals surface area contributed by atoms with E-state index in [0.717, 1.165) is 17.3 Å². The molecule has 4 heterocycles. The maximum atomic E-state index is 14.0. The number of carbonyl (C=O) groups is 2. The minimum absolute atomic E-state index is 0.00507. The average molecular weight is 655 g/mol. The van der Waals surface area contributed by atoms with Crippen LogP contribution in [0.15, 0.2) is 36.5 Å². The number of halogens is 3. The summed E-state index contributed by atoms with van der Waals surface area (Å²) in [6, 6.07) is 8.93. The van der Waals surface area contributed by atoms with Crippen molar-refractivity contribution >= 4 is 35.1 Å². The highest BCUT2D eigenvalue weighted by Crippen LogP contribution is 2.48. The van der Waals surface area contributed by atoms with Crippen LogP contribution in [0, 0.1) is 0 Å². The number of nitrogens with one attached hydrogen (secondary N) is 3. The third kappa shape index (κ3) is 6.45. The Morgan fingerprint density at radius 2 is 1.83 bits per heavy atom. The standard InChI is InChI=1S/C33H37F3N6O5/c1-31(2,3)47-30(44)42-13-11-18(12-14-42)20-9-10-23(26-25(20)45-17-46-26)40-29-38-16-21(33(34,35)36)27(41-29)37-15-19-7-6-8-22-24(19)32(4,5)28(43)39-22/h6-10,16,18H,11-15,17H2,1-5H3,(H,39,43)(H2,37,38,40,41). The Labute approximate surface area is 270 Å². The number of amides is 2. The van der Waals surface area contributed by atoms with E-state index in [1.165, 1.54) is 0 Å². The Morgan fingerprint density at radius 3 is 2.53 bits per heavy atom. The molecule has 0 aliphatic carbocycles. The van der Waals surface area contributed by atoms with Crippen LogP contribution in [0.25, 0.3) is 0 Å². The van der Waals surface area contributed by atoms with E-state index >= 15 is 0 Å². The third-order valence-corrected chi connectivity index (χ3v) is 8.51. The number of hydrogen-bond acceptors (Lipinski definition) is 9. The van der Waals surface area contributed by atoms with Gasteiger partial charge in [0, 0.05) is 37.1 Å². The van der Waals surface area contributed by atoms with Crippen molar-refractivity contribution in [2.75, 3.05) is 35.8 Å². The molecule has 1 fully saturated rings. The number of piperidine rings is 1. The molecule has 2 amide bonds. The zero-order valence-electron chi connectivity index (χ0n) is 26.8. The number of nitrogens with zero attached hydrogens (tertiary/aromatic N) is 3. The summed E-state index contributed by atoms with van der Waals surface area (Å²) in [4.78, 5) is 34.9. The fraction of sp³-hybridized carbons (Fsp3) is 0.455. The van der Waals surface area contributed by atoms with Gasteiger partial charge in [-0.2, -0.15) is 18.2 Å². The van der Waals surface area contributed by atoms with E-state index in [2.05, 4.69) is 25.9 Å². The van der Waals surface area contributed by atoms with Crippen LogP contribution in [-0.2, 0) is 27.7 Å². The van der Waals surface area contributed by atoms with Gasteiger partial charge in [-0.25, -0.2) is 9.78 Å². The van der Waals surface area contributed by atoms with Crippen molar-refractivity contribution < 1.29 is 37.0 Å². The van der Waals surface area contributed by atoms with Gasteiger partial charge in [-0.1, -0.05) is 18.2 Å². The monoisotopic (exact) mass is 654 g/mol. The first-order valence-electron chi connectivity index (χ1n) is 15.4. The van der Waals surface area contributed by atoms with Gasteiger partial charge in [0.15, 0.2) is 11.5 Å². The fourth-order valence-corrected chi connectivity index (χ4v) is 6.20. The second-order valence-electron chi connectivity index (χ2n) is 13.4. The van der Waals surface area contributed by atoms with Crippen LogP contribution in [0.2, 0.25) is 0 Å². The Bertz CT molecular complexity index is 1710. The third-order valence-electron chi connectivity index (χ3n) is 8.51. The largest absolute Gasteiger partial charge is 0.453 e. The molecule has 1 saturated heterocycles. The first-order valence-corrected chi connectivity index (χ1v) is 15.4. The number of likely N-dealkylation sites (tertiary alicyclic amines) is 1. The van der Waals surface area contributed by atoms with E-state index in [-0.39, 0.29) is 37.2 Å². The van der Waals surface area contributed by atoms with Gasteiger partial charge < -0.3 is 35.1 Å². The predicted molar refractivity (Wildman–Crippen MR) is 168 cm³/mol. The van der Waals surface area contributed by atoms with Crippen LogP contribution >= 0.6 is 0 Å². The molecular formula is C33H37F3N6O5. The van der Waals surface area contributed by atoms with Crippen molar-refractivity contribution in [1.82, 2.24) is 14.9 Å². The average Bonchev–Trinajstić information content (AvgIpc) is 3.58. The van der Waals surface area contributed by atoms with Crippen molar-refractivity contribution in [3.63, 3.8) is 0 Å². The van der Waals surface area contributed by atoms with E-state index in [4.69, 9.17) is 14.2 Å². The lowest BCUT2D eigenvalue weighted by Gasteiger charge is -2.33. The molecule has 0 spiro atoms. The van der Waals surface area contributed by atoms with Gasteiger partial charge in [-0.3, -0.25) is 4.79 Å². The smallest absolute Gasteiger partial charge is 0.421 e. The molecule has 0 atom stereocenters. The normalized spacial score (nSPS) is 17.3. The van der Waals surface area contributed by atoms with Crippen LogP contribution in [0.4, 0.5) is 41.1 Å². The van der Waals surface area contributed by atoms with Crippen molar-refractivity contribution in [3.8, 4) is 11.5 Å². The van der Waals surface area contributed by atoms with Gasteiger partial charge in [-0.05, 0) is 76.6 Å². The Kier molecular flexibility index (Phi) is 8.09. The van der Waals surface area contributed by atoms with Gasteiger partial charge in [0.25, 0.3) is 0 Å². The van der Waals surface area contributed by atoms with E-state index in [1.54, 1.807) is 43.0 Å². The second kappa shape index (κ2) is 11.8. The molecule has 3 N–H and O–H groups in total. The lowest BCUT2D eigenvalue weighted by Crippen LogP contribution is -2.41. The van der Waals surface area contributed by atoms with Crippen LogP contribution in [-0.4, -0.2) is 52.4 Å². The fourth-order valence-electron chi connectivity index (χ4n) is 6.20. The highest BCUT2D eigenvalue weighted by Gasteiger charge is 2.40. The first-order chi connectivity index (χ1) is 22.1. The molecule has 6 rings (SSSR count). The number of rotatable bonds is 6. The highest BCUT2D eigenvalue weighted by atomic mass is 19.4. The molecule has 250 valence electrons. The minimum Gasteiger partial charge on any atom is -0.453 e. The van der Waals surface area contributed by atoms with E-state index < -0.39 is 28.6 Å². The molecule has 3 aliphatic heterocycles. The second-order valence-corrected chi connectivity index (χ2v) is 13.4. The maximum absolute atomic E-state index is 14.0. The van der Waals surface area contributed by atoms with Crippen molar-refractivity contribution in [2.45, 2.75) is 77.1 Å². The number of benzene rings is 2. The summed E-state index contributed by atoms with van der Waals surface area (Å²) < 4.78 is 59.1. The molecule has 1 aromatic heterocycles. The van der Waals surface area contributed by atoms with Crippen LogP contribution in [0.5, 0.6) is 11.5 Å². The zero-order chi connectivity index (χ0) is 33.7. The molecular weight excluding hydrogens is 617 g/mol. The number of carbonyl (C=O) groups excluding carboxylic acids is 2. The summed E-state index contributed by atoms with van der Waals surface area (Å²) in [6.07, 6.45) is -2.92. The summed E-state index contributed by atoms with van der Waals surface area (Å²) in [7, 11) is 0. The molecule has 0 saturated carbocycles. The Morgan fingerprint density at radius 1 is 1.11 bits per heavy atom. The van der Waals surface area contributed by atoms with Crippen LogP contribution in [0.1, 0.15) is 75.6 Å². The molecule has 3 aromatic rings. The zero-order valence-corrected chi connectivity index (χ0v) is 26.8. The summed E-state index contributed by atoms with van der Waals surface area (Å²) in [5.74, 6) is 0.387. The molecule has 0 bridgehead atoms. The number of aromatic nitrogens is 2. The van der Waals surface area contributed by atoms with Gasteiger partial charge in [0.1, 0.15) is 17.0 Å². The molecule has 3 aliphatic rings. The Hall–Kier alpha value is -4.75. The summed E-state index contributed by atoms with van der Waals surface area (Å²) in [5.41, 5.74) is 0.941. The topological polar surface area (TPSA) is 127 Å². The first kappa shape index (κ1) is 32.2. The molecule has 0 radical (unpaired) electrons. The van der Waals surface area contributed by atoms with Gasteiger partial charge >= 0.3 is 12.3 Å². The van der Waals surface area contributed by atoms with Crippen molar-refractivity contribution in [2.24, 2.45) is 0 Å². The number of fused-ring (bicyclic) bond motifs is 2. The summed E-state index contributed by atoms with van der Waals surface area (Å²) >= 11 is 0. The molecule has 2 aromatic carbocycles. The van der Waals surface area contributed by atoms with Gasteiger partial charge in [0.05, 0.1) is 11.1 Å². The number of anilines is 4. The summed E-state index contributed by atoms with van der Waals surface area (Å²) in [5, 5.41) is 8.66.